The van der Waals surface area contributed by atoms with Crippen LogP contribution in [0.4, 0.5) is 0 Å². The highest BCUT2D eigenvalue weighted by Crippen LogP contribution is 2.31. The SMILES string of the molecule is C[Si@]1(c2ccccc2)CCC[Si@@](C)(c2ccccc2)O1. The van der Waals surface area contributed by atoms with Crippen LogP contribution in [0.25, 0.3) is 0 Å². The van der Waals surface area contributed by atoms with E-state index in [0.717, 1.165) is 0 Å². The lowest BCUT2D eigenvalue weighted by molar-refractivity contribution is 0.526. The number of rotatable bonds is 2. The molecular formula is C17H22OSi2. The summed E-state index contributed by atoms with van der Waals surface area (Å²) in [5.41, 5.74) is 0. The summed E-state index contributed by atoms with van der Waals surface area (Å²) < 4.78 is 6.91. The molecule has 2 atom stereocenters. The molecule has 0 saturated carbocycles. The van der Waals surface area contributed by atoms with Gasteiger partial charge >= 0.3 is 0 Å². The van der Waals surface area contributed by atoms with Gasteiger partial charge in [0.25, 0.3) is 0 Å². The van der Waals surface area contributed by atoms with Crippen LogP contribution in [0, 0.1) is 0 Å². The summed E-state index contributed by atoms with van der Waals surface area (Å²) >= 11 is 0. The molecule has 0 spiro atoms. The first-order valence-electron chi connectivity index (χ1n) is 7.44. The van der Waals surface area contributed by atoms with Crippen molar-refractivity contribution in [3.8, 4) is 0 Å². The first kappa shape index (κ1) is 13.8. The number of benzene rings is 2. The molecule has 0 aliphatic carbocycles. The van der Waals surface area contributed by atoms with E-state index in [-0.39, 0.29) is 0 Å². The molecule has 1 aliphatic rings. The maximum Gasteiger partial charge on any atom is 0.209 e. The molecule has 3 heteroatoms. The molecule has 2 aromatic rings. The Morgan fingerprint density at radius 3 is 1.50 bits per heavy atom. The summed E-state index contributed by atoms with van der Waals surface area (Å²) in [5, 5.41) is 2.91. The van der Waals surface area contributed by atoms with Crippen LogP contribution in [0.3, 0.4) is 0 Å². The summed E-state index contributed by atoms with van der Waals surface area (Å²) in [6.45, 7) is 4.80. The molecule has 0 amide bonds. The van der Waals surface area contributed by atoms with E-state index >= 15 is 0 Å². The number of hydrogen-bond acceptors (Lipinski definition) is 1. The Hall–Kier alpha value is -1.17. The van der Waals surface area contributed by atoms with Crippen LogP contribution < -0.4 is 10.4 Å². The van der Waals surface area contributed by atoms with Gasteiger partial charge in [-0.1, -0.05) is 67.1 Å². The minimum atomic E-state index is -1.77. The topological polar surface area (TPSA) is 9.23 Å². The second-order valence-corrected chi connectivity index (χ2v) is 14.0. The van der Waals surface area contributed by atoms with E-state index in [1.165, 1.54) is 28.9 Å². The average molecular weight is 299 g/mol. The van der Waals surface area contributed by atoms with E-state index in [1.54, 1.807) is 0 Å². The predicted octanol–water partition coefficient (Wildman–Crippen LogP) is 3.37. The van der Waals surface area contributed by atoms with Crippen molar-refractivity contribution in [1.29, 1.82) is 0 Å². The van der Waals surface area contributed by atoms with Crippen LogP contribution in [0.15, 0.2) is 60.7 Å². The normalized spacial score (nSPS) is 30.1. The van der Waals surface area contributed by atoms with Crippen molar-refractivity contribution in [3.63, 3.8) is 0 Å². The van der Waals surface area contributed by atoms with Crippen molar-refractivity contribution in [2.45, 2.75) is 31.6 Å². The molecule has 1 heterocycles. The van der Waals surface area contributed by atoms with E-state index in [1.807, 2.05) is 0 Å². The molecule has 0 bridgehead atoms. The molecule has 0 radical (unpaired) electrons. The molecule has 3 rings (SSSR count). The van der Waals surface area contributed by atoms with Crippen LogP contribution in [-0.4, -0.2) is 16.6 Å². The van der Waals surface area contributed by atoms with Gasteiger partial charge in [0.2, 0.25) is 16.6 Å². The van der Waals surface area contributed by atoms with Crippen molar-refractivity contribution in [2.24, 2.45) is 0 Å². The van der Waals surface area contributed by atoms with E-state index in [2.05, 4.69) is 73.8 Å². The minimum absolute atomic E-state index is 1.26. The van der Waals surface area contributed by atoms with Crippen molar-refractivity contribution in [2.75, 3.05) is 0 Å². The van der Waals surface area contributed by atoms with Gasteiger partial charge in [0.1, 0.15) is 0 Å². The molecule has 2 aromatic carbocycles. The Balaban J connectivity index is 1.94. The molecule has 1 saturated heterocycles. The van der Waals surface area contributed by atoms with Crippen LogP contribution >= 0.6 is 0 Å². The van der Waals surface area contributed by atoms with Gasteiger partial charge in [-0.2, -0.15) is 0 Å². The average Bonchev–Trinajstić information content (AvgIpc) is 2.49. The van der Waals surface area contributed by atoms with Gasteiger partial charge in [-0.05, 0) is 35.6 Å². The minimum Gasteiger partial charge on any atom is -0.448 e. The highest BCUT2D eigenvalue weighted by molar-refractivity contribution is 6.98. The van der Waals surface area contributed by atoms with Crippen LogP contribution in [0.1, 0.15) is 6.42 Å². The molecule has 20 heavy (non-hydrogen) atoms. The second kappa shape index (κ2) is 5.32. The highest BCUT2D eigenvalue weighted by Gasteiger charge is 2.45. The Morgan fingerprint density at radius 1 is 0.700 bits per heavy atom. The van der Waals surface area contributed by atoms with Crippen molar-refractivity contribution >= 4 is 27.0 Å². The molecule has 1 fully saturated rings. The third kappa shape index (κ3) is 2.53. The zero-order valence-corrected chi connectivity index (χ0v) is 14.3. The van der Waals surface area contributed by atoms with Crippen molar-refractivity contribution in [1.82, 2.24) is 0 Å². The van der Waals surface area contributed by atoms with Crippen LogP contribution in [0.2, 0.25) is 25.2 Å². The van der Waals surface area contributed by atoms with Gasteiger partial charge in [0, 0.05) is 0 Å². The smallest absolute Gasteiger partial charge is 0.209 e. The lowest BCUT2D eigenvalue weighted by Crippen LogP contribution is -2.63. The molecule has 1 nitrogen and oxygen atoms in total. The highest BCUT2D eigenvalue weighted by atomic mass is 28.4. The van der Waals surface area contributed by atoms with E-state index in [9.17, 15) is 0 Å². The number of hydrogen-bond donors (Lipinski definition) is 0. The lowest BCUT2D eigenvalue weighted by atomic mass is 10.4. The largest absolute Gasteiger partial charge is 0.448 e. The Bertz CT molecular complexity index is 521. The van der Waals surface area contributed by atoms with Gasteiger partial charge in [0.15, 0.2) is 0 Å². The fourth-order valence-electron chi connectivity index (χ4n) is 3.35. The van der Waals surface area contributed by atoms with E-state index < -0.39 is 16.6 Å². The molecule has 1 aliphatic heterocycles. The van der Waals surface area contributed by atoms with Crippen LogP contribution in [0.5, 0.6) is 0 Å². The maximum absolute atomic E-state index is 6.91. The second-order valence-electron chi connectivity index (χ2n) is 6.15. The predicted molar refractivity (Wildman–Crippen MR) is 90.7 cm³/mol. The summed E-state index contributed by atoms with van der Waals surface area (Å²) in [4.78, 5) is 0. The van der Waals surface area contributed by atoms with E-state index in [4.69, 9.17) is 4.12 Å². The van der Waals surface area contributed by atoms with Gasteiger partial charge in [-0.15, -0.1) is 0 Å². The summed E-state index contributed by atoms with van der Waals surface area (Å²) in [6, 6.07) is 24.3. The quantitative estimate of drug-likeness (QED) is 0.773. The van der Waals surface area contributed by atoms with Crippen molar-refractivity contribution < 1.29 is 4.12 Å². The molecular weight excluding hydrogens is 276 g/mol. The zero-order chi connectivity index (χ0) is 14.1. The molecule has 0 unspecified atom stereocenters. The summed E-state index contributed by atoms with van der Waals surface area (Å²) in [6.07, 6.45) is 1.31. The third-order valence-corrected chi connectivity index (χ3v) is 13.9. The summed E-state index contributed by atoms with van der Waals surface area (Å²) in [5.74, 6) is 0. The van der Waals surface area contributed by atoms with Crippen LogP contribution in [-0.2, 0) is 4.12 Å². The monoisotopic (exact) mass is 298 g/mol. The first-order chi connectivity index (χ1) is 9.62. The standard InChI is InChI=1S/C17H22OSi2/c1-19(16-10-5-3-6-11-16)14-9-15-20(2,18-19)17-12-7-4-8-13-17/h3-8,10-13H,9,14-15H2,1-2H3/t19-,20+. The van der Waals surface area contributed by atoms with E-state index in [0.29, 0.717) is 0 Å². The Morgan fingerprint density at radius 2 is 1.10 bits per heavy atom. The first-order valence-corrected chi connectivity index (χ1v) is 12.7. The van der Waals surface area contributed by atoms with Gasteiger partial charge < -0.3 is 4.12 Å². The van der Waals surface area contributed by atoms with Gasteiger partial charge in [-0.25, -0.2) is 0 Å². The fourth-order valence-corrected chi connectivity index (χ4v) is 13.5. The lowest BCUT2D eigenvalue weighted by Gasteiger charge is -2.43. The molecule has 0 N–H and O–H groups in total. The summed E-state index contributed by atoms with van der Waals surface area (Å²) in [7, 11) is -3.54. The fraction of sp³-hybridized carbons (Fsp3) is 0.294. The maximum atomic E-state index is 6.91. The molecule has 104 valence electrons. The van der Waals surface area contributed by atoms with Gasteiger partial charge in [-0.3, -0.25) is 0 Å². The van der Waals surface area contributed by atoms with Gasteiger partial charge in [0.05, 0.1) is 0 Å². The zero-order valence-electron chi connectivity index (χ0n) is 12.3. The van der Waals surface area contributed by atoms with Crippen molar-refractivity contribution in [3.05, 3.63) is 60.7 Å². The molecule has 0 aromatic heterocycles. The Kier molecular flexibility index (Phi) is 3.67. The third-order valence-electron chi connectivity index (χ3n) is 4.53. The Labute approximate surface area is 123 Å².